The average molecular weight is 332 g/mol. The maximum Gasteiger partial charge on any atom is 0.435 e. The molecule has 5 nitrogen and oxygen atoms in total. The van der Waals surface area contributed by atoms with Gasteiger partial charge < -0.3 is 10.2 Å². The van der Waals surface area contributed by atoms with Crippen LogP contribution in [-0.4, -0.2) is 46.3 Å². The molecule has 1 aromatic rings. The second-order valence-corrected chi connectivity index (χ2v) is 6.05. The molecule has 1 atom stereocenters. The Labute approximate surface area is 133 Å². The van der Waals surface area contributed by atoms with Crippen molar-refractivity contribution >= 4 is 5.91 Å². The van der Waals surface area contributed by atoms with E-state index in [4.69, 9.17) is 0 Å². The number of aryl methyl sites for hydroxylation is 1. The molecule has 0 unspecified atom stereocenters. The van der Waals surface area contributed by atoms with Gasteiger partial charge in [0.2, 0.25) is 0 Å². The van der Waals surface area contributed by atoms with Gasteiger partial charge in [0, 0.05) is 32.4 Å². The van der Waals surface area contributed by atoms with Crippen LogP contribution in [-0.2, 0) is 13.2 Å². The van der Waals surface area contributed by atoms with Crippen LogP contribution in [0.1, 0.15) is 48.7 Å². The number of piperidine rings is 1. The molecule has 23 heavy (non-hydrogen) atoms. The smallest absolute Gasteiger partial charge is 0.352 e. The lowest BCUT2D eigenvalue weighted by Crippen LogP contribution is -2.39. The molecule has 1 fully saturated rings. The minimum Gasteiger partial charge on any atom is -0.352 e. The second kappa shape index (κ2) is 7.33. The Morgan fingerprint density at radius 3 is 2.83 bits per heavy atom. The van der Waals surface area contributed by atoms with Crippen LogP contribution in [0, 0.1) is 0 Å². The first kappa shape index (κ1) is 17.8. The summed E-state index contributed by atoms with van der Waals surface area (Å²) in [6, 6.07) is 0.537. The van der Waals surface area contributed by atoms with Gasteiger partial charge in [0.05, 0.1) is 5.56 Å². The first-order valence-corrected chi connectivity index (χ1v) is 7.92. The number of likely N-dealkylation sites (tertiary alicyclic amines) is 1. The zero-order valence-corrected chi connectivity index (χ0v) is 13.5. The van der Waals surface area contributed by atoms with Crippen LogP contribution >= 0.6 is 0 Å². The third-order valence-electron chi connectivity index (χ3n) is 4.19. The standard InChI is InChI=1S/C15H23F3N4O/c1-11-6-3-4-8-22(11)9-5-7-19-14(23)12-10-21(2)20-13(12)15(16,17)18/h10-11H,3-9H2,1-2H3,(H,19,23)/t11-/m0/s1. The Hall–Kier alpha value is -1.57. The summed E-state index contributed by atoms with van der Waals surface area (Å²) in [4.78, 5) is 14.3. The maximum atomic E-state index is 12.8. The molecule has 8 heteroatoms. The van der Waals surface area contributed by atoms with E-state index in [-0.39, 0.29) is 0 Å². The quantitative estimate of drug-likeness (QED) is 0.843. The molecule has 0 radical (unpaired) electrons. The molecular weight excluding hydrogens is 309 g/mol. The molecule has 1 aliphatic rings. The van der Waals surface area contributed by atoms with Crippen molar-refractivity contribution in [3.63, 3.8) is 0 Å². The van der Waals surface area contributed by atoms with Crippen molar-refractivity contribution in [2.75, 3.05) is 19.6 Å². The van der Waals surface area contributed by atoms with E-state index in [0.717, 1.165) is 30.4 Å². The lowest BCUT2D eigenvalue weighted by Gasteiger charge is -2.33. The molecule has 130 valence electrons. The summed E-state index contributed by atoms with van der Waals surface area (Å²) >= 11 is 0. The summed E-state index contributed by atoms with van der Waals surface area (Å²) in [5.41, 5.74) is -1.56. The number of carbonyl (C=O) groups is 1. The van der Waals surface area contributed by atoms with Crippen LogP contribution < -0.4 is 5.32 Å². The molecule has 1 N–H and O–H groups in total. The van der Waals surface area contributed by atoms with Crippen molar-refractivity contribution in [2.24, 2.45) is 7.05 Å². The van der Waals surface area contributed by atoms with Gasteiger partial charge in [0.1, 0.15) is 0 Å². The van der Waals surface area contributed by atoms with E-state index in [1.54, 1.807) is 0 Å². The third-order valence-corrected chi connectivity index (χ3v) is 4.19. The van der Waals surface area contributed by atoms with E-state index >= 15 is 0 Å². The highest BCUT2D eigenvalue weighted by atomic mass is 19.4. The van der Waals surface area contributed by atoms with Crippen molar-refractivity contribution in [2.45, 2.75) is 44.8 Å². The number of alkyl halides is 3. The van der Waals surface area contributed by atoms with E-state index in [1.807, 2.05) is 0 Å². The van der Waals surface area contributed by atoms with Gasteiger partial charge in [-0.2, -0.15) is 18.3 Å². The zero-order chi connectivity index (χ0) is 17.0. The van der Waals surface area contributed by atoms with Gasteiger partial charge in [-0.1, -0.05) is 6.42 Å². The summed E-state index contributed by atoms with van der Waals surface area (Å²) in [5.74, 6) is -0.725. The van der Waals surface area contributed by atoms with Crippen molar-refractivity contribution < 1.29 is 18.0 Å². The Morgan fingerprint density at radius 1 is 1.43 bits per heavy atom. The van der Waals surface area contributed by atoms with E-state index in [9.17, 15) is 18.0 Å². The number of halogens is 3. The monoisotopic (exact) mass is 332 g/mol. The van der Waals surface area contributed by atoms with Gasteiger partial charge in [-0.05, 0) is 32.7 Å². The van der Waals surface area contributed by atoms with Crippen LogP contribution in [0.15, 0.2) is 6.20 Å². The molecule has 0 bridgehead atoms. The Morgan fingerprint density at radius 2 is 2.17 bits per heavy atom. The molecule has 1 saturated heterocycles. The number of amides is 1. The first-order chi connectivity index (χ1) is 10.8. The van der Waals surface area contributed by atoms with Gasteiger partial charge in [0.15, 0.2) is 5.69 Å². The fraction of sp³-hybridized carbons (Fsp3) is 0.733. The third kappa shape index (κ3) is 4.70. The van der Waals surface area contributed by atoms with Crippen LogP contribution in [0.5, 0.6) is 0 Å². The van der Waals surface area contributed by atoms with Crippen molar-refractivity contribution in [3.05, 3.63) is 17.5 Å². The number of nitrogens with one attached hydrogen (secondary N) is 1. The molecule has 1 amide bonds. The number of hydrogen-bond acceptors (Lipinski definition) is 3. The highest BCUT2D eigenvalue weighted by molar-refractivity contribution is 5.95. The Balaban J connectivity index is 1.83. The zero-order valence-electron chi connectivity index (χ0n) is 13.5. The lowest BCUT2D eigenvalue weighted by molar-refractivity contribution is -0.141. The normalized spacial score (nSPS) is 19.8. The Kier molecular flexibility index (Phi) is 5.67. The van der Waals surface area contributed by atoms with E-state index in [1.165, 1.54) is 26.3 Å². The predicted octanol–water partition coefficient (Wildman–Crippen LogP) is 2.43. The fourth-order valence-electron chi connectivity index (χ4n) is 2.93. The molecule has 0 saturated carbocycles. The van der Waals surface area contributed by atoms with Crippen molar-refractivity contribution in [1.29, 1.82) is 0 Å². The van der Waals surface area contributed by atoms with Crippen LogP contribution in [0.2, 0.25) is 0 Å². The highest BCUT2D eigenvalue weighted by Gasteiger charge is 2.38. The SMILES string of the molecule is C[C@H]1CCCCN1CCCNC(=O)c1cn(C)nc1C(F)(F)F. The fourth-order valence-corrected chi connectivity index (χ4v) is 2.93. The summed E-state index contributed by atoms with van der Waals surface area (Å²) in [7, 11) is 1.36. The second-order valence-electron chi connectivity index (χ2n) is 6.05. The van der Waals surface area contributed by atoms with Crippen LogP contribution in [0.3, 0.4) is 0 Å². The molecule has 1 aromatic heterocycles. The van der Waals surface area contributed by atoms with E-state index in [0.29, 0.717) is 12.6 Å². The number of hydrogen-bond donors (Lipinski definition) is 1. The van der Waals surface area contributed by atoms with Gasteiger partial charge >= 0.3 is 6.18 Å². The number of nitrogens with zero attached hydrogens (tertiary/aromatic N) is 3. The summed E-state index contributed by atoms with van der Waals surface area (Å²) in [6.45, 7) is 4.44. The summed E-state index contributed by atoms with van der Waals surface area (Å²) < 4.78 is 39.5. The minimum absolute atomic E-state index is 0.355. The predicted molar refractivity (Wildman–Crippen MR) is 80.0 cm³/mol. The topological polar surface area (TPSA) is 50.2 Å². The van der Waals surface area contributed by atoms with Crippen LogP contribution in [0.4, 0.5) is 13.2 Å². The minimum atomic E-state index is -4.63. The molecule has 2 heterocycles. The van der Waals surface area contributed by atoms with Gasteiger partial charge in [-0.3, -0.25) is 9.48 Å². The van der Waals surface area contributed by atoms with Crippen molar-refractivity contribution in [1.82, 2.24) is 20.0 Å². The molecule has 0 aliphatic carbocycles. The lowest BCUT2D eigenvalue weighted by atomic mass is 10.0. The summed E-state index contributed by atoms with van der Waals surface area (Å²) in [6.07, 6.45) is 0.799. The average Bonchev–Trinajstić information content (AvgIpc) is 2.87. The summed E-state index contributed by atoms with van der Waals surface area (Å²) in [5, 5.41) is 5.90. The van der Waals surface area contributed by atoms with E-state index < -0.39 is 23.3 Å². The first-order valence-electron chi connectivity index (χ1n) is 7.92. The van der Waals surface area contributed by atoms with Crippen molar-refractivity contribution in [3.8, 4) is 0 Å². The molecule has 0 spiro atoms. The largest absolute Gasteiger partial charge is 0.435 e. The number of carbonyl (C=O) groups excluding carboxylic acids is 1. The molecular formula is C15H23F3N4O. The molecule has 2 rings (SSSR count). The highest BCUT2D eigenvalue weighted by Crippen LogP contribution is 2.30. The molecule has 1 aliphatic heterocycles. The molecule has 0 aromatic carbocycles. The van der Waals surface area contributed by atoms with Gasteiger partial charge in [-0.15, -0.1) is 0 Å². The van der Waals surface area contributed by atoms with Crippen LogP contribution in [0.25, 0.3) is 0 Å². The Bertz CT molecular complexity index is 541. The van der Waals surface area contributed by atoms with Gasteiger partial charge in [0.25, 0.3) is 5.91 Å². The maximum absolute atomic E-state index is 12.8. The number of rotatable bonds is 5. The number of aromatic nitrogens is 2. The van der Waals surface area contributed by atoms with E-state index in [2.05, 4.69) is 22.2 Å². The van der Waals surface area contributed by atoms with Gasteiger partial charge in [-0.25, -0.2) is 0 Å².